The lowest BCUT2D eigenvalue weighted by Gasteiger charge is -2.32. The molecule has 154 valence electrons. The van der Waals surface area contributed by atoms with E-state index in [4.69, 9.17) is 0 Å². The monoisotopic (exact) mass is 411 g/mol. The molecule has 1 aromatic heterocycles. The van der Waals surface area contributed by atoms with Crippen molar-refractivity contribution in [2.75, 3.05) is 13.6 Å². The Morgan fingerprint density at radius 2 is 1.97 bits per heavy atom. The van der Waals surface area contributed by atoms with Crippen LogP contribution in [0.2, 0.25) is 0 Å². The van der Waals surface area contributed by atoms with Gasteiger partial charge in [0, 0.05) is 26.6 Å². The number of alkyl halides is 3. The van der Waals surface area contributed by atoms with Gasteiger partial charge in [-0.2, -0.15) is 13.2 Å². The van der Waals surface area contributed by atoms with Gasteiger partial charge in [0.1, 0.15) is 5.82 Å². The Hall–Kier alpha value is -2.98. The van der Waals surface area contributed by atoms with Crippen LogP contribution in [0, 0.1) is 11.7 Å². The molecule has 0 spiro atoms. The van der Waals surface area contributed by atoms with Crippen molar-refractivity contribution >= 4 is 11.8 Å². The molecule has 29 heavy (non-hydrogen) atoms. The Morgan fingerprint density at radius 1 is 1.21 bits per heavy atom. The second-order valence-corrected chi connectivity index (χ2v) is 7.16. The van der Waals surface area contributed by atoms with Crippen molar-refractivity contribution in [1.82, 2.24) is 24.6 Å². The number of aromatic nitrogens is 3. The fourth-order valence-electron chi connectivity index (χ4n) is 4.03. The van der Waals surface area contributed by atoms with Gasteiger partial charge in [-0.25, -0.2) is 4.39 Å². The number of amides is 2. The average Bonchev–Trinajstić information content (AvgIpc) is 3.22. The summed E-state index contributed by atoms with van der Waals surface area (Å²) in [4.78, 5) is 28.2. The third kappa shape index (κ3) is 3.34. The number of likely N-dealkylation sites (tertiary alicyclic amines) is 1. The number of hydrogen-bond donors (Lipinski definition) is 0. The maximum absolute atomic E-state index is 13.7. The summed E-state index contributed by atoms with van der Waals surface area (Å²) < 4.78 is 53.6. The molecule has 2 amide bonds. The van der Waals surface area contributed by atoms with Gasteiger partial charge in [0.25, 0.3) is 0 Å². The minimum Gasteiger partial charge on any atom is -0.338 e. The van der Waals surface area contributed by atoms with Crippen LogP contribution in [-0.4, -0.2) is 50.0 Å². The highest BCUT2D eigenvalue weighted by atomic mass is 19.4. The van der Waals surface area contributed by atoms with E-state index in [0.717, 1.165) is 4.57 Å². The molecule has 1 aromatic carbocycles. The number of nitrogens with zero attached hydrogens (tertiary/aromatic N) is 5. The summed E-state index contributed by atoms with van der Waals surface area (Å²) in [6.45, 7) is -0.187. The van der Waals surface area contributed by atoms with Crippen molar-refractivity contribution in [3.8, 4) is 0 Å². The number of fused-ring (bicyclic) bond motifs is 1. The van der Waals surface area contributed by atoms with Gasteiger partial charge in [0.05, 0.1) is 18.5 Å². The van der Waals surface area contributed by atoms with Crippen LogP contribution in [-0.2, 0) is 28.9 Å². The standard InChI is InChI=1S/C18H17F4N5O2/c1-25-14(28)8-12(15(25)10-3-2-4-11(19)7-10)16(29)26-5-6-27-13(9-26)23-24-17(27)18(20,21)22/h2-4,7,12,15H,5-6,8-9H2,1H3. The van der Waals surface area contributed by atoms with Gasteiger partial charge in [-0.15, -0.1) is 10.2 Å². The van der Waals surface area contributed by atoms with E-state index in [1.54, 1.807) is 13.1 Å². The molecule has 11 heteroatoms. The van der Waals surface area contributed by atoms with Crippen molar-refractivity contribution < 1.29 is 27.2 Å². The molecular weight excluding hydrogens is 394 g/mol. The molecule has 0 N–H and O–H groups in total. The quantitative estimate of drug-likeness (QED) is 0.709. The zero-order valence-corrected chi connectivity index (χ0v) is 15.4. The van der Waals surface area contributed by atoms with Gasteiger partial charge < -0.3 is 14.4 Å². The first-order chi connectivity index (χ1) is 13.7. The molecular formula is C18H17F4N5O2. The third-order valence-electron chi connectivity index (χ3n) is 5.41. The Balaban J connectivity index is 1.59. The summed E-state index contributed by atoms with van der Waals surface area (Å²) in [6.07, 6.45) is -4.67. The summed E-state index contributed by atoms with van der Waals surface area (Å²) >= 11 is 0. The van der Waals surface area contributed by atoms with Crippen LogP contribution in [0.1, 0.15) is 29.7 Å². The Kier molecular flexibility index (Phi) is 4.55. The zero-order valence-electron chi connectivity index (χ0n) is 15.4. The summed E-state index contributed by atoms with van der Waals surface area (Å²) in [5.74, 6) is -2.92. The Bertz CT molecular complexity index is 973. The lowest BCUT2D eigenvalue weighted by Crippen LogP contribution is -2.43. The Morgan fingerprint density at radius 3 is 2.66 bits per heavy atom. The highest BCUT2D eigenvalue weighted by molar-refractivity contribution is 5.90. The molecule has 0 bridgehead atoms. The first-order valence-corrected chi connectivity index (χ1v) is 8.96. The minimum absolute atomic E-state index is 0.0388. The molecule has 3 heterocycles. The van der Waals surface area contributed by atoms with Crippen molar-refractivity contribution in [3.05, 3.63) is 47.3 Å². The summed E-state index contributed by atoms with van der Waals surface area (Å²) in [5.41, 5.74) is 0.497. The number of halogens is 4. The highest BCUT2D eigenvalue weighted by Gasteiger charge is 2.46. The fraction of sp³-hybridized carbons (Fsp3) is 0.444. The molecule has 1 fully saturated rings. The maximum Gasteiger partial charge on any atom is 0.451 e. The first-order valence-electron chi connectivity index (χ1n) is 8.96. The third-order valence-corrected chi connectivity index (χ3v) is 5.41. The molecule has 4 rings (SSSR count). The molecule has 2 aliphatic heterocycles. The van der Waals surface area contributed by atoms with Crippen molar-refractivity contribution in [3.63, 3.8) is 0 Å². The van der Waals surface area contributed by atoms with Gasteiger partial charge in [-0.1, -0.05) is 12.1 Å². The van der Waals surface area contributed by atoms with Gasteiger partial charge in [-0.3, -0.25) is 9.59 Å². The molecule has 2 aliphatic rings. The largest absolute Gasteiger partial charge is 0.451 e. The summed E-state index contributed by atoms with van der Waals surface area (Å²) in [5, 5.41) is 6.78. The minimum atomic E-state index is -4.62. The van der Waals surface area contributed by atoms with Crippen molar-refractivity contribution in [2.24, 2.45) is 5.92 Å². The van der Waals surface area contributed by atoms with Crippen LogP contribution in [0.4, 0.5) is 17.6 Å². The molecule has 0 radical (unpaired) electrons. The zero-order chi connectivity index (χ0) is 20.9. The van der Waals surface area contributed by atoms with Gasteiger partial charge in [-0.05, 0) is 17.7 Å². The van der Waals surface area contributed by atoms with Crippen LogP contribution in [0.25, 0.3) is 0 Å². The number of benzene rings is 1. The van der Waals surface area contributed by atoms with E-state index in [9.17, 15) is 27.2 Å². The number of hydrogen-bond acceptors (Lipinski definition) is 4. The van der Waals surface area contributed by atoms with Crippen molar-refractivity contribution in [2.45, 2.75) is 31.7 Å². The SMILES string of the molecule is CN1C(=O)CC(C(=O)N2CCn3c(nnc3C(F)(F)F)C2)C1c1cccc(F)c1. The van der Waals surface area contributed by atoms with E-state index in [0.29, 0.717) is 5.56 Å². The topological polar surface area (TPSA) is 71.3 Å². The number of rotatable bonds is 2. The average molecular weight is 411 g/mol. The number of carbonyl (C=O) groups excluding carboxylic acids is 2. The summed E-state index contributed by atoms with van der Waals surface area (Å²) in [6, 6.07) is 5.06. The van der Waals surface area contributed by atoms with E-state index in [1.807, 2.05) is 0 Å². The van der Waals surface area contributed by atoms with Crippen LogP contribution in [0.5, 0.6) is 0 Å². The molecule has 0 saturated carbocycles. The lowest BCUT2D eigenvalue weighted by atomic mass is 9.92. The normalized spacial score (nSPS) is 22.2. The molecule has 7 nitrogen and oxygen atoms in total. The van der Waals surface area contributed by atoms with Gasteiger partial charge in [0.2, 0.25) is 17.6 Å². The van der Waals surface area contributed by atoms with E-state index in [2.05, 4.69) is 10.2 Å². The second-order valence-electron chi connectivity index (χ2n) is 7.16. The van der Waals surface area contributed by atoms with Crippen LogP contribution in [0.3, 0.4) is 0 Å². The second kappa shape index (κ2) is 6.82. The molecule has 2 unspecified atom stereocenters. The predicted octanol–water partition coefficient (Wildman–Crippen LogP) is 2.00. The fourth-order valence-corrected chi connectivity index (χ4v) is 4.03. The number of carbonyl (C=O) groups is 2. The van der Waals surface area contributed by atoms with E-state index in [-0.39, 0.29) is 43.7 Å². The molecule has 1 saturated heterocycles. The maximum atomic E-state index is 13.7. The van der Waals surface area contributed by atoms with Crippen molar-refractivity contribution in [1.29, 1.82) is 0 Å². The molecule has 0 aliphatic carbocycles. The van der Waals surface area contributed by atoms with Crippen LogP contribution in [0.15, 0.2) is 24.3 Å². The lowest BCUT2D eigenvalue weighted by molar-refractivity contribution is -0.148. The van der Waals surface area contributed by atoms with Gasteiger partial charge in [0.15, 0.2) is 5.82 Å². The van der Waals surface area contributed by atoms with E-state index >= 15 is 0 Å². The van der Waals surface area contributed by atoms with Crippen LogP contribution < -0.4 is 0 Å². The smallest absolute Gasteiger partial charge is 0.338 e. The van der Waals surface area contributed by atoms with E-state index < -0.39 is 29.8 Å². The van der Waals surface area contributed by atoms with Crippen LogP contribution >= 0.6 is 0 Å². The van der Waals surface area contributed by atoms with Gasteiger partial charge >= 0.3 is 6.18 Å². The molecule has 2 aromatic rings. The molecule has 2 atom stereocenters. The first kappa shape index (κ1) is 19.3. The van der Waals surface area contributed by atoms with E-state index in [1.165, 1.54) is 28.0 Å². The Labute approximate surface area is 162 Å². The highest BCUT2D eigenvalue weighted by Crippen LogP contribution is 2.39. The predicted molar refractivity (Wildman–Crippen MR) is 90.5 cm³/mol. The summed E-state index contributed by atoms with van der Waals surface area (Å²) in [7, 11) is 1.55.